The minimum atomic E-state index is -0.566. The first-order valence-electron chi connectivity index (χ1n) is 9.39. The number of ether oxygens (including phenoxy) is 1. The molecular weight excluding hydrogens is 362 g/mol. The van der Waals surface area contributed by atoms with Gasteiger partial charge in [0.1, 0.15) is 17.6 Å². The molecule has 1 aromatic heterocycles. The number of benzene rings is 3. The topological polar surface area (TPSA) is 51.5 Å². The van der Waals surface area contributed by atoms with Crippen molar-refractivity contribution in [3.8, 4) is 17.1 Å². The van der Waals surface area contributed by atoms with Gasteiger partial charge in [-0.1, -0.05) is 66.7 Å². The average Bonchev–Trinajstić information content (AvgIpc) is 3.28. The van der Waals surface area contributed by atoms with Gasteiger partial charge in [-0.05, 0) is 23.8 Å². The second-order valence-corrected chi connectivity index (χ2v) is 6.61. The van der Waals surface area contributed by atoms with Crippen LogP contribution >= 0.6 is 0 Å². The normalized spacial score (nSPS) is 11.6. The summed E-state index contributed by atoms with van der Waals surface area (Å²) in [5, 5.41) is 3.37. The van der Waals surface area contributed by atoms with Gasteiger partial charge >= 0.3 is 0 Å². The molecule has 0 fully saturated rings. The zero-order valence-corrected chi connectivity index (χ0v) is 16.0. The molecule has 0 aliphatic rings. The first-order chi connectivity index (χ1) is 14.3. The Kier molecular flexibility index (Phi) is 5.43. The quantitative estimate of drug-likeness (QED) is 0.398. The van der Waals surface area contributed by atoms with Gasteiger partial charge in [-0.25, -0.2) is 0 Å². The molecule has 1 unspecified atom stereocenters. The number of ketones is 1. The van der Waals surface area contributed by atoms with Gasteiger partial charge in [0.2, 0.25) is 0 Å². The lowest BCUT2D eigenvalue weighted by Gasteiger charge is -2.20. The summed E-state index contributed by atoms with van der Waals surface area (Å²) in [6, 6.07) is 28.0. The van der Waals surface area contributed by atoms with Gasteiger partial charge in [-0.15, -0.1) is 0 Å². The Labute approximate surface area is 169 Å². The summed E-state index contributed by atoms with van der Waals surface area (Å²) in [7, 11) is 1.62. The molecule has 1 N–H and O–H groups in total. The number of methoxy groups -OCH3 is 1. The fourth-order valence-corrected chi connectivity index (χ4v) is 3.30. The fraction of sp³-hybridized carbons (Fsp3) is 0.0800. The molecule has 0 aliphatic carbocycles. The second-order valence-electron chi connectivity index (χ2n) is 6.61. The third kappa shape index (κ3) is 4.06. The third-order valence-corrected chi connectivity index (χ3v) is 4.74. The summed E-state index contributed by atoms with van der Waals surface area (Å²) in [5.74, 6) is 1.23. The lowest BCUT2D eigenvalue weighted by molar-refractivity contribution is 0.0969. The third-order valence-electron chi connectivity index (χ3n) is 4.74. The number of carbonyl (C=O) groups excluding carboxylic acids is 1. The van der Waals surface area contributed by atoms with Crippen LogP contribution in [0, 0.1) is 0 Å². The Morgan fingerprint density at radius 3 is 2.34 bits per heavy atom. The van der Waals surface area contributed by atoms with E-state index >= 15 is 0 Å². The fourth-order valence-electron chi connectivity index (χ4n) is 3.30. The molecule has 4 aromatic rings. The van der Waals surface area contributed by atoms with Gasteiger partial charge in [0.05, 0.1) is 18.9 Å². The Morgan fingerprint density at radius 1 is 0.897 bits per heavy atom. The van der Waals surface area contributed by atoms with Crippen LogP contribution in [-0.4, -0.2) is 12.9 Å². The van der Waals surface area contributed by atoms with Crippen molar-refractivity contribution in [2.75, 3.05) is 12.4 Å². The van der Waals surface area contributed by atoms with Crippen molar-refractivity contribution in [3.05, 3.63) is 108 Å². The summed E-state index contributed by atoms with van der Waals surface area (Å²) in [5.41, 5.74) is 3.09. The van der Waals surface area contributed by atoms with E-state index in [9.17, 15) is 4.79 Å². The maximum atomic E-state index is 13.6. The van der Waals surface area contributed by atoms with E-state index in [4.69, 9.17) is 9.15 Å². The van der Waals surface area contributed by atoms with Crippen molar-refractivity contribution in [1.29, 1.82) is 0 Å². The van der Waals surface area contributed by atoms with E-state index in [1.807, 2.05) is 84.9 Å². The summed E-state index contributed by atoms with van der Waals surface area (Å²) in [6.45, 7) is 0. The number of rotatable bonds is 7. The highest BCUT2D eigenvalue weighted by molar-refractivity contribution is 6.06. The standard InChI is InChI=1S/C25H21NO3/c1-28-21-14-8-13-20(17-21)26-23(18-9-4-2-5-10-18)24(27)22-15-16-29-25(22)19-11-6-3-7-12-19/h2-17,23,26H,1H3. The summed E-state index contributed by atoms with van der Waals surface area (Å²) >= 11 is 0. The van der Waals surface area contributed by atoms with Gasteiger partial charge in [0.25, 0.3) is 0 Å². The molecule has 0 aliphatic heterocycles. The average molecular weight is 383 g/mol. The van der Waals surface area contributed by atoms with Crippen molar-refractivity contribution in [2.24, 2.45) is 0 Å². The highest BCUT2D eigenvalue weighted by atomic mass is 16.5. The maximum absolute atomic E-state index is 13.6. The van der Waals surface area contributed by atoms with Crippen molar-refractivity contribution in [1.82, 2.24) is 0 Å². The summed E-state index contributed by atoms with van der Waals surface area (Å²) in [4.78, 5) is 13.6. The zero-order valence-electron chi connectivity index (χ0n) is 16.0. The maximum Gasteiger partial charge on any atom is 0.193 e. The zero-order chi connectivity index (χ0) is 20.1. The van der Waals surface area contributed by atoms with Crippen molar-refractivity contribution < 1.29 is 13.9 Å². The summed E-state index contributed by atoms with van der Waals surface area (Å²) in [6.07, 6.45) is 1.56. The van der Waals surface area contributed by atoms with E-state index in [0.717, 1.165) is 22.6 Å². The van der Waals surface area contributed by atoms with Crippen LogP contribution in [0.15, 0.2) is 102 Å². The van der Waals surface area contributed by atoms with Crippen LogP contribution < -0.4 is 10.1 Å². The van der Waals surface area contributed by atoms with Gasteiger partial charge < -0.3 is 14.5 Å². The van der Waals surface area contributed by atoms with Gasteiger partial charge in [-0.3, -0.25) is 4.79 Å². The molecule has 4 heteroatoms. The molecule has 29 heavy (non-hydrogen) atoms. The van der Waals surface area contributed by atoms with E-state index in [2.05, 4.69) is 5.32 Å². The minimum Gasteiger partial charge on any atom is -0.497 e. The Morgan fingerprint density at radius 2 is 1.62 bits per heavy atom. The van der Waals surface area contributed by atoms with E-state index < -0.39 is 6.04 Å². The van der Waals surface area contributed by atoms with Crippen LogP contribution in [0.25, 0.3) is 11.3 Å². The predicted molar refractivity (Wildman–Crippen MR) is 114 cm³/mol. The molecule has 0 amide bonds. The largest absolute Gasteiger partial charge is 0.497 e. The summed E-state index contributed by atoms with van der Waals surface area (Å²) < 4.78 is 11.0. The van der Waals surface area contributed by atoms with Crippen LogP contribution in [0.3, 0.4) is 0 Å². The predicted octanol–water partition coefficient (Wildman–Crippen LogP) is 5.99. The molecule has 1 atom stereocenters. The molecule has 144 valence electrons. The lowest BCUT2D eigenvalue weighted by atomic mass is 9.95. The van der Waals surface area contributed by atoms with Crippen LogP contribution in [0.2, 0.25) is 0 Å². The molecule has 0 saturated carbocycles. The van der Waals surface area contributed by atoms with E-state index in [1.54, 1.807) is 19.4 Å². The smallest absolute Gasteiger partial charge is 0.193 e. The van der Waals surface area contributed by atoms with E-state index in [0.29, 0.717) is 11.3 Å². The Hall–Kier alpha value is -3.79. The van der Waals surface area contributed by atoms with Crippen LogP contribution in [0.5, 0.6) is 5.75 Å². The number of furan rings is 1. The molecule has 0 radical (unpaired) electrons. The van der Waals surface area contributed by atoms with Crippen molar-refractivity contribution in [3.63, 3.8) is 0 Å². The molecule has 0 saturated heterocycles. The molecular formula is C25H21NO3. The van der Waals surface area contributed by atoms with Gasteiger partial charge in [0.15, 0.2) is 5.78 Å². The molecule has 1 heterocycles. The van der Waals surface area contributed by atoms with Crippen LogP contribution in [0.4, 0.5) is 5.69 Å². The molecule has 0 spiro atoms. The van der Waals surface area contributed by atoms with Crippen molar-refractivity contribution >= 4 is 11.5 Å². The van der Waals surface area contributed by atoms with Crippen molar-refractivity contribution in [2.45, 2.75) is 6.04 Å². The number of hydrogen-bond donors (Lipinski definition) is 1. The minimum absolute atomic E-state index is 0.0633. The highest BCUT2D eigenvalue weighted by Gasteiger charge is 2.26. The molecule has 3 aromatic carbocycles. The Balaban J connectivity index is 1.72. The van der Waals surface area contributed by atoms with Gasteiger partial charge in [-0.2, -0.15) is 0 Å². The first kappa shape index (κ1) is 18.6. The van der Waals surface area contributed by atoms with Gasteiger partial charge in [0, 0.05) is 17.3 Å². The van der Waals surface area contributed by atoms with Crippen LogP contribution in [-0.2, 0) is 0 Å². The number of anilines is 1. The number of carbonyl (C=O) groups is 1. The molecule has 4 rings (SSSR count). The number of nitrogens with one attached hydrogen (secondary N) is 1. The lowest BCUT2D eigenvalue weighted by Crippen LogP contribution is -2.21. The van der Waals surface area contributed by atoms with Crippen LogP contribution in [0.1, 0.15) is 22.0 Å². The number of Topliss-reactive ketones (excluding diaryl/α,β-unsaturated/α-hetero) is 1. The highest BCUT2D eigenvalue weighted by Crippen LogP contribution is 2.31. The molecule has 0 bridgehead atoms. The first-order valence-corrected chi connectivity index (χ1v) is 9.39. The van der Waals surface area contributed by atoms with E-state index in [-0.39, 0.29) is 5.78 Å². The monoisotopic (exact) mass is 383 g/mol. The second kappa shape index (κ2) is 8.48. The molecule has 4 nitrogen and oxygen atoms in total. The Bertz CT molecular complexity index is 1090. The number of hydrogen-bond acceptors (Lipinski definition) is 4. The van der Waals surface area contributed by atoms with E-state index in [1.165, 1.54) is 0 Å². The SMILES string of the molecule is COc1cccc(NC(C(=O)c2ccoc2-c2ccccc2)c2ccccc2)c1.